The molecule has 0 saturated heterocycles. The fraction of sp³-hybridized carbons (Fsp3) is 0.500. The number of ether oxygens (including phenoxy) is 2. The number of nitrogens with zero attached hydrogens (tertiary/aromatic N) is 1. The maximum absolute atomic E-state index is 12.0. The number of hydrogen-bond donors (Lipinski definition) is 1. The van der Waals surface area contributed by atoms with Crippen LogP contribution in [0.15, 0.2) is 18.2 Å². The van der Waals surface area contributed by atoms with Gasteiger partial charge in [0.2, 0.25) is 11.8 Å². The molecule has 2 rings (SSSR count). The first kappa shape index (κ1) is 16.1. The average Bonchev–Trinajstić information content (AvgIpc) is 3.34. The summed E-state index contributed by atoms with van der Waals surface area (Å²) < 4.78 is 10.4. The molecular weight excluding hydrogens is 284 g/mol. The van der Waals surface area contributed by atoms with Gasteiger partial charge in [0, 0.05) is 19.5 Å². The Kier molecular flexibility index (Phi) is 5.25. The summed E-state index contributed by atoms with van der Waals surface area (Å²) in [6.45, 7) is 2.00. The average molecular weight is 306 g/mol. The second-order valence-corrected chi connectivity index (χ2v) is 5.34. The van der Waals surface area contributed by atoms with Gasteiger partial charge in [0.15, 0.2) is 11.5 Å². The van der Waals surface area contributed by atoms with E-state index in [0.29, 0.717) is 18.0 Å². The van der Waals surface area contributed by atoms with Gasteiger partial charge in [-0.25, -0.2) is 0 Å². The SMILES string of the molecule is COc1ccc(CNC(=O)CN(C(C)=O)C2CC2)cc1OC. The number of amides is 2. The van der Waals surface area contributed by atoms with Crippen LogP contribution in [0.1, 0.15) is 25.3 Å². The Morgan fingerprint density at radius 1 is 1.23 bits per heavy atom. The largest absolute Gasteiger partial charge is 0.493 e. The van der Waals surface area contributed by atoms with E-state index in [-0.39, 0.29) is 24.4 Å². The lowest BCUT2D eigenvalue weighted by Crippen LogP contribution is -2.40. The highest BCUT2D eigenvalue weighted by Gasteiger charge is 2.31. The molecule has 1 N–H and O–H groups in total. The molecule has 1 aliphatic rings. The topological polar surface area (TPSA) is 67.9 Å². The molecule has 1 saturated carbocycles. The van der Waals surface area contributed by atoms with Crippen molar-refractivity contribution in [3.8, 4) is 11.5 Å². The first-order valence-electron chi connectivity index (χ1n) is 7.30. The summed E-state index contributed by atoms with van der Waals surface area (Å²) in [5, 5.41) is 2.83. The van der Waals surface area contributed by atoms with Crippen LogP contribution >= 0.6 is 0 Å². The molecule has 0 bridgehead atoms. The van der Waals surface area contributed by atoms with Crippen molar-refractivity contribution in [2.24, 2.45) is 0 Å². The van der Waals surface area contributed by atoms with Crippen molar-refractivity contribution in [1.82, 2.24) is 10.2 Å². The molecule has 0 heterocycles. The highest BCUT2D eigenvalue weighted by Crippen LogP contribution is 2.28. The highest BCUT2D eigenvalue weighted by molar-refractivity contribution is 5.84. The standard InChI is InChI=1S/C16H22N2O4/c1-11(19)18(13-5-6-13)10-16(20)17-9-12-4-7-14(21-2)15(8-12)22-3/h4,7-8,13H,5-6,9-10H2,1-3H3,(H,17,20). The van der Waals surface area contributed by atoms with E-state index in [1.807, 2.05) is 12.1 Å². The van der Waals surface area contributed by atoms with Crippen molar-refractivity contribution in [3.63, 3.8) is 0 Å². The van der Waals surface area contributed by atoms with E-state index in [2.05, 4.69) is 5.32 Å². The third-order valence-corrected chi connectivity index (χ3v) is 3.64. The second kappa shape index (κ2) is 7.15. The first-order valence-corrected chi connectivity index (χ1v) is 7.30. The summed E-state index contributed by atoms with van der Waals surface area (Å²) in [4.78, 5) is 25.1. The molecule has 0 radical (unpaired) electrons. The lowest BCUT2D eigenvalue weighted by Gasteiger charge is -2.20. The molecule has 0 atom stereocenters. The molecule has 6 heteroatoms. The molecule has 0 spiro atoms. The molecule has 0 unspecified atom stereocenters. The number of carbonyl (C=O) groups excluding carboxylic acids is 2. The normalized spacial score (nSPS) is 13.4. The first-order chi connectivity index (χ1) is 10.5. The number of hydrogen-bond acceptors (Lipinski definition) is 4. The molecule has 1 fully saturated rings. The van der Waals surface area contributed by atoms with E-state index >= 15 is 0 Å². The van der Waals surface area contributed by atoms with Crippen LogP contribution in [0.25, 0.3) is 0 Å². The molecule has 2 amide bonds. The van der Waals surface area contributed by atoms with Crippen molar-refractivity contribution in [2.75, 3.05) is 20.8 Å². The predicted molar refractivity (Wildman–Crippen MR) is 81.8 cm³/mol. The molecule has 6 nitrogen and oxygen atoms in total. The van der Waals surface area contributed by atoms with Crippen LogP contribution in [0, 0.1) is 0 Å². The zero-order valence-electron chi connectivity index (χ0n) is 13.2. The van der Waals surface area contributed by atoms with Crippen LogP contribution in [0.4, 0.5) is 0 Å². The Labute approximate surface area is 130 Å². The van der Waals surface area contributed by atoms with Gasteiger partial charge in [-0.2, -0.15) is 0 Å². The van der Waals surface area contributed by atoms with Crippen molar-refractivity contribution >= 4 is 11.8 Å². The number of nitrogens with one attached hydrogen (secondary N) is 1. The fourth-order valence-corrected chi connectivity index (χ4v) is 2.29. The van der Waals surface area contributed by atoms with Crippen molar-refractivity contribution in [1.29, 1.82) is 0 Å². The predicted octanol–water partition coefficient (Wildman–Crippen LogP) is 1.33. The van der Waals surface area contributed by atoms with Crippen molar-refractivity contribution < 1.29 is 19.1 Å². The van der Waals surface area contributed by atoms with Gasteiger partial charge in [-0.15, -0.1) is 0 Å². The van der Waals surface area contributed by atoms with Crippen LogP contribution in [-0.4, -0.2) is 43.5 Å². The summed E-state index contributed by atoms with van der Waals surface area (Å²) in [5.41, 5.74) is 0.909. The minimum Gasteiger partial charge on any atom is -0.493 e. The van der Waals surface area contributed by atoms with E-state index in [1.165, 1.54) is 6.92 Å². The second-order valence-electron chi connectivity index (χ2n) is 5.34. The summed E-state index contributed by atoms with van der Waals surface area (Å²) in [7, 11) is 3.15. The number of rotatable bonds is 7. The summed E-state index contributed by atoms with van der Waals surface area (Å²) in [6, 6.07) is 5.73. The fourth-order valence-electron chi connectivity index (χ4n) is 2.29. The zero-order valence-corrected chi connectivity index (χ0v) is 13.2. The lowest BCUT2D eigenvalue weighted by molar-refractivity contribution is -0.134. The summed E-state index contributed by atoms with van der Waals surface area (Å²) >= 11 is 0. The van der Waals surface area contributed by atoms with Gasteiger partial charge in [-0.3, -0.25) is 9.59 Å². The molecule has 22 heavy (non-hydrogen) atoms. The van der Waals surface area contributed by atoms with Gasteiger partial charge in [0.1, 0.15) is 0 Å². The Hall–Kier alpha value is -2.24. The Balaban J connectivity index is 1.89. The van der Waals surface area contributed by atoms with E-state index in [0.717, 1.165) is 18.4 Å². The highest BCUT2D eigenvalue weighted by atomic mass is 16.5. The van der Waals surface area contributed by atoms with Crippen LogP contribution in [0.3, 0.4) is 0 Å². The molecule has 1 aromatic carbocycles. The van der Waals surface area contributed by atoms with Crippen LogP contribution in [0.2, 0.25) is 0 Å². The molecule has 0 aromatic heterocycles. The molecular formula is C16H22N2O4. The van der Waals surface area contributed by atoms with Gasteiger partial charge in [0.25, 0.3) is 0 Å². The van der Waals surface area contributed by atoms with Crippen LogP contribution < -0.4 is 14.8 Å². The van der Waals surface area contributed by atoms with E-state index in [1.54, 1.807) is 25.2 Å². The van der Waals surface area contributed by atoms with Gasteiger partial charge in [-0.1, -0.05) is 6.07 Å². The van der Waals surface area contributed by atoms with Crippen LogP contribution in [0.5, 0.6) is 11.5 Å². The summed E-state index contributed by atoms with van der Waals surface area (Å²) in [6.07, 6.45) is 1.98. The summed E-state index contributed by atoms with van der Waals surface area (Å²) in [5.74, 6) is 1.06. The minimum atomic E-state index is -0.156. The Morgan fingerprint density at radius 3 is 2.45 bits per heavy atom. The van der Waals surface area contributed by atoms with Crippen molar-refractivity contribution in [2.45, 2.75) is 32.4 Å². The third-order valence-electron chi connectivity index (χ3n) is 3.64. The maximum atomic E-state index is 12.0. The Morgan fingerprint density at radius 2 is 1.91 bits per heavy atom. The van der Waals surface area contributed by atoms with Crippen LogP contribution in [-0.2, 0) is 16.1 Å². The number of carbonyl (C=O) groups is 2. The number of benzene rings is 1. The van der Waals surface area contributed by atoms with Gasteiger partial charge >= 0.3 is 0 Å². The molecule has 120 valence electrons. The Bertz CT molecular complexity index is 555. The minimum absolute atomic E-state index is 0.0521. The molecule has 1 aliphatic carbocycles. The molecule has 0 aliphatic heterocycles. The maximum Gasteiger partial charge on any atom is 0.239 e. The number of methoxy groups -OCH3 is 2. The van der Waals surface area contributed by atoms with Gasteiger partial charge in [0.05, 0.1) is 20.8 Å². The third kappa shape index (κ3) is 4.13. The van der Waals surface area contributed by atoms with E-state index in [4.69, 9.17) is 9.47 Å². The monoisotopic (exact) mass is 306 g/mol. The quantitative estimate of drug-likeness (QED) is 0.825. The lowest BCUT2D eigenvalue weighted by atomic mass is 10.2. The van der Waals surface area contributed by atoms with Crippen molar-refractivity contribution in [3.05, 3.63) is 23.8 Å². The van der Waals surface area contributed by atoms with E-state index in [9.17, 15) is 9.59 Å². The van der Waals surface area contributed by atoms with Gasteiger partial charge < -0.3 is 19.7 Å². The molecule has 1 aromatic rings. The smallest absolute Gasteiger partial charge is 0.239 e. The zero-order chi connectivity index (χ0) is 16.1. The van der Waals surface area contributed by atoms with E-state index < -0.39 is 0 Å². The van der Waals surface area contributed by atoms with Gasteiger partial charge in [-0.05, 0) is 30.5 Å².